The average Bonchev–Trinajstić information content (AvgIpc) is 3.37. The van der Waals surface area contributed by atoms with Crippen LogP contribution in [0.4, 0.5) is 10.1 Å². The second-order valence-corrected chi connectivity index (χ2v) is 9.15. The Morgan fingerprint density at radius 2 is 1.80 bits per heavy atom. The zero-order valence-corrected chi connectivity index (χ0v) is 21.8. The number of aryl methyl sites for hydroxylation is 1. The van der Waals surface area contributed by atoms with Crippen LogP contribution in [-0.4, -0.2) is 34.8 Å². The van der Waals surface area contributed by atoms with Gasteiger partial charge >= 0.3 is 5.69 Å². The monoisotopic (exact) mass is 541 g/mol. The first-order valence-electron chi connectivity index (χ1n) is 12.2. The van der Waals surface area contributed by atoms with Gasteiger partial charge in [0.25, 0.3) is 11.5 Å². The summed E-state index contributed by atoms with van der Waals surface area (Å²) in [5, 5.41) is 6.65. The number of carbonyl (C=O) groups excluding carboxylic acids is 1. The van der Waals surface area contributed by atoms with Crippen LogP contribution < -0.4 is 21.3 Å². The maximum atomic E-state index is 15.0. The third-order valence-corrected chi connectivity index (χ3v) is 5.99. The van der Waals surface area contributed by atoms with Gasteiger partial charge in [0.1, 0.15) is 11.3 Å². The minimum Gasteiger partial charge on any atom is -0.454 e. The summed E-state index contributed by atoms with van der Waals surface area (Å²) in [6.45, 7) is 3.50. The van der Waals surface area contributed by atoms with Gasteiger partial charge < -0.3 is 10.1 Å². The minimum absolute atomic E-state index is 0.0743. The fraction of sp³-hybridized carbons (Fsp3) is 0.143. The highest BCUT2D eigenvalue weighted by Gasteiger charge is 2.20. The maximum Gasteiger partial charge on any atom is 0.335 e. The van der Waals surface area contributed by atoms with Gasteiger partial charge in [0.15, 0.2) is 11.6 Å². The second-order valence-electron chi connectivity index (χ2n) is 9.15. The van der Waals surface area contributed by atoms with Gasteiger partial charge in [0, 0.05) is 67.5 Å². The molecule has 0 aliphatic rings. The summed E-state index contributed by atoms with van der Waals surface area (Å²) in [5.41, 5.74) is 0.0484. The fourth-order valence-electron chi connectivity index (χ4n) is 3.99. The lowest BCUT2D eigenvalue weighted by Gasteiger charge is -2.15. The van der Waals surface area contributed by atoms with Crippen molar-refractivity contribution in [2.45, 2.75) is 19.9 Å². The lowest BCUT2D eigenvalue weighted by molar-refractivity contribution is 0.102. The molecular weight excluding hydrogens is 517 g/mol. The van der Waals surface area contributed by atoms with Crippen molar-refractivity contribution in [3.05, 3.63) is 112 Å². The van der Waals surface area contributed by atoms with Crippen molar-refractivity contribution in [1.82, 2.24) is 28.9 Å². The molecule has 11 nitrogen and oxygen atoms in total. The minimum atomic E-state index is -0.812. The Hall–Kier alpha value is -5.39. The SMILES string of the molecule is CC(C)n1cc(C(=O)Nc2ccc(Oc3ccnc(-c4cnn(C)c4)c3)c(F)c2)c(=O)n(-c2ccncc2)c1=O. The van der Waals surface area contributed by atoms with Crippen LogP contribution in [0.25, 0.3) is 16.9 Å². The van der Waals surface area contributed by atoms with E-state index in [1.54, 1.807) is 56.3 Å². The molecule has 1 aromatic carbocycles. The number of hydrogen-bond acceptors (Lipinski definition) is 7. The third kappa shape index (κ3) is 5.27. The summed E-state index contributed by atoms with van der Waals surface area (Å²) < 4.78 is 24.5. The molecule has 0 fully saturated rings. The van der Waals surface area contributed by atoms with Gasteiger partial charge in [-0.3, -0.25) is 28.8 Å². The van der Waals surface area contributed by atoms with Gasteiger partial charge in [-0.1, -0.05) is 0 Å². The second kappa shape index (κ2) is 10.8. The molecule has 40 heavy (non-hydrogen) atoms. The summed E-state index contributed by atoms with van der Waals surface area (Å²) in [5.74, 6) is -1.25. The Labute approximate surface area is 227 Å². The molecule has 12 heteroatoms. The molecule has 1 amide bonds. The van der Waals surface area contributed by atoms with E-state index in [-0.39, 0.29) is 28.7 Å². The highest BCUT2D eigenvalue weighted by atomic mass is 19.1. The standard InChI is InChI=1S/C28H24FN7O4/c1-17(2)35-16-22(27(38)36(28(35)39)20-6-9-30-10-7-20)26(37)33-19-4-5-25(23(29)12-19)40-21-8-11-31-24(13-21)18-14-32-34(3)15-18/h4-17H,1-3H3,(H,33,37). The quantitative estimate of drug-likeness (QED) is 0.331. The Bertz CT molecular complexity index is 1830. The van der Waals surface area contributed by atoms with Gasteiger partial charge in [-0.15, -0.1) is 0 Å². The van der Waals surface area contributed by atoms with E-state index in [9.17, 15) is 18.8 Å². The number of nitrogens with zero attached hydrogens (tertiary/aromatic N) is 6. The summed E-state index contributed by atoms with van der Waals surface area (Å²) in [6, 6.07) is 9.77. The molecule has 5 aromatic rings. The number of aromatic nitrogens is 6. The maximum absolute atomic E-state index is 15.0. The van der Waals surface area contributed by atoms with Gasteiger partial charge in [-0.05, 0) is 44.2 Å². The number of anilines is 1. The van der Waals surface area contributed by atoms with E-state index < -0.39 is 23.0 Å². The molecule has 0 bridgehead atoms. The average molecular weight is 542 g/mol. The number of benzene rings is 1. The summed E-state index contributed by atoms with van der Waals surface area (Å²) in [7, 11) is 1.79. The topological polar surface area (TPSA) is 126 Å². The number of pyridine rings is 2. The van der Waals surface area contributed by atoms with Crippen molar-refractivity contribution in [2.24, 2.45) is 7.05 Å². The van der Waals surface area contributed by atoms with E-state index in [1.807, 2.05) is 0 Å². The zero-order valence-electron chi connectivity index (χ0n) is 21.8. The number of halogens is 1. The van der Waals surface area contributed by atoms with E-state index in [0.717, 1.165) is 16.2 Å². The fourth-order valence-corrected chi connectivity index (χ4v) is 3.99. The molecule has 5 rings (SSSR count). The van der Waals surface area contributed by atoms with Crippen LogP contribution in [0.2, 0.25) is 0 Å². The van der Waals surface area contributed by atoms with Crippen LogP contribution in [0.5, 0.6) is 11.5 Å². The van der Waals surface area contributed by atoms with Gasteiger partial charge in [0.05, 0.1) is 17.6 Å². The molecule has 202 valence electrons. The van der Waals surface area contributed by atoms with Crippen molar-refractivity contribution >= 4 is 11.6 Å². The Morgan fingerprint density at radius 3 is 2.48 bits per heavy atom. The first-order chi connectivity index (χ1) is 19.2. The molecule has 0 atom stereocenters. The van der Waals surface area contributed by atoms with Crippen molar-refractivity contribution in [3.63, 3.8) is 0 Å². The number of hydrogen-bond donors (Lipinski definition) is 1. The highest BCUT2D eigenvalue weighted by molar-refractivity contribution is 6.03. The number of rotatable bonds is 7. The number of amides is 1. The number of ether oxygens (including phenoxy) is 1. The zero-order chi connectivity index (χ0) is 28.4. The molecule has 0 saturated heterocycles. The van der Waals surface area contributed by atoms with Gasteiger partial charge in [0.2, 0.25) is 0 Å². The van der Waals surface area contributed by atoms with Crippen LogP contribution in [0.15, 0.2) is 89.2 Å². The van der Waals surface area contributed by atoms with Crippen LogP contribution in [0.1, 0.15) is 30.2 Å². The number of nitrogens with one attached hydrogen (secondary N) is 1. The smallest absolute Gasteiger partial charge is 0.335 e. The molecule has 0 radical (unpaired) electrons. The first-order valence-corrected chi connectivity index (χ1v) is 12.2. The molecule has 0 aliphatic heterocycles. The van der Waals surface area contributed by atoms with Gasteiger partial charge in [-0.2, -0.15) is 5.10 Å². The van der Waals surface area contributed by atoms with E-state index in [1.165, 1.54) is 47.4 Å². The Morgan fingerprint density at radius 1 is 1.02 bits per heavy atom. The van der Waals surface area contributed by atoms with Crippen LogP contribution in [-0.2, 0) is 7.05 Å². The lowest BCUT2D eigenvalue weighted by Crippen LogP contribution is -2.42. The van der Waals surface area contributed by atoms with Crippen molar-refractivity contribution in [3.8, 4) is 28.4 Å². The summed E-state index contributed by atoms with van der Waals surface area (Å²) in [6.07, 6.45) is 9.07. The van der Waals surface area contributed by atoms with E-state index >= 15 is 0 Å². The molecule has 0 aliphatic carbocycles. The lowest BCUT2D eigenvalue weighted by atomic mass is 10.2. The molecule has 0 spiro atoms. The van der Waals surface area contributed by atoms with E-state index in [4.69, 9.17) is 4.74 Å². The third-order valence-electron chi connectivity index (χ3n) is 5.99. The summed E-state index contributed by atoms with van der Waals surface area (Å²) >= 11 is 0. The van der Waals surface area contributed by atoms with E-state index in [2.05, 4.69) is 20.4 Å². The van der Waals surface area contributed by atoms with Crippen molar-refractivity contribution < 1.29 is 13.9 Å². The molecule has 0 unspecified atom stereocenters. The molecule has 4 heterocycles. The van der Waals surface area contributed by atoms with Crippen LogP contribution in [0.3, 0.4) is 0 Å². The molecule has 0 saturated carbocycles. The number of carbonyl (C=O) groups is 1. The first kappa shape index (κ1) is 26.2. The van der Waals surface area contributed by atoms with Gasteiger partial charge in [-0.25, -0.2) is 13.8 Å². The Balaban J connectivity index is 1.40. The van der Waals surface area contributed by atoms with Crippen LogP contribution >= 0.6 is 0 Å². The Kier molecular flexibility index (Phi) is 7.06. The summed E-state index contributed by atoms with van der Waals surface area (Å²) in [4.78, 5) is 47.6. The normalized spacial score (nSPS) is 11.0. The molecule has 4 aromatic heterocycles. The molecule has 1 N–H and O–H groups in total. The van der Waals surface area contributed by atoms with E-state index in [0.29, 0.717) is 11.4 Å². The molecular formula is C28H24FN7O4. The largest absolute Gasteiger partial charge is 0.454 e. The van der Waals surface area contributed by atoms with Crippen molar-refractivity contribution in [2.75, 3.05) is 5.32 Å². The highest BCUT2D eigenvalue weighted by Crippen LogP contribution is 2.29. The predicted octanol–water partition coefficient (Wildman–Crippen LogP) is 3.95. The predicted molar refractivity (Wildman–Crippen MR) is 145 cm³/mol. The van der Waals surface area contributed by atoms with Crippen molar-refractivity contribution in [1.29, 1.82) is 0 Å². The van der Waals surface area contributed by atoms with Crippen LogP contribution in [0, 0.1) is 5.82 Å².